The SMILES string of the molecule is COC(=O)CNc1nc(NN)cn2ccnc12. The Kier molecular flexibility index (Phi) is 3.06. The quantitative estimate of drug-likeness (QED) is 0.376. The van der Waals surface area contributed by atoms with E-state index in [0.29, 0.717) is 17.3 Å². The number of hydrogen-bond acceptors (Lipinski definition) is 7. The van der Waals surface area contributed by atoms with E-state index in [1.165, 1.54) is 7.11 Å². The highest BCUT2D eigenvalue weighted by molar-refractivity contribution is 5.77. The molecule has 0 aromatic carbocycles. The third-order valence-electron chi connectivity index (χ3n) is 2.15. The number of imidazole rings is 1. The predicted octanol–water partition coefficient (Wildman–Crippen LogP) is -0.400. The number of ether oxygens (including phenoxy) is 1. The number of aromatic nitrogens is 3. The third kappa shape index (κ3) is 2.26. The number of methoxy groups -OCH3 is 1. The van der Waals surface area contributed by atoms with Gasteiger partial charge in [0, 0.05) is 12.4 Å². The number of nitrogens with zero attached hydrogens (tertiary/aromatic N) is 3. The van der Waals surface area contributed by atoms with Gasteiger partial charge in [0.2, 0.25) is 0 Å². The van der Waals surface area contributed by atoms with Gasteiger partial charge >= 0.3 is 5.97 Å². The molecule has 0 saturated heterocycles. The summed E-state index contributed by atoms with van der Waals surface area (Å²) in [6, 6.07) is 0. The first-order valence-corrected chi connectivity index (χ1v) is 4.85. The van der Waals surface area contributed by atoms with E-state index < -0.39 is 0 Å². The highest BCUT2D eigenvalue weighted by atomic mass is 16.5. The summed E-state index contributed by atoms with van der Waals surface area (Å²) in [5.41, 5.74) is 3.04. The fraction of sp³-hybridized carbons (Fsp3) is 0.222. The van der Waals surface area contributed by atoms with Gasteiger partial charge in [-0.1, -0.05) is 0 Å². The molecule has 0 amide bonds. The highest BCUT2D eigenvalue weighted by Gasteiger charge is 2.08. The minimum absolute atomic E-state index is 0.0139. The van der Waals surface area contributed by atoms with Crippen LogP contribution in [0, 0.1) is 0 Å². The van der Waals surface area contributed by atoms with Crippen LogP contribution in [0.15, 0.2) is 18.6 Å². The van der Waals surface area contributed by atoms with E-state index in [-0.39, 0.29) is 12.5 Å². The van der Waals surface area contributed by atoms with Crippen molar-refractivity contribution in [3.8, 4) is 0 Å². The molecular weight excluding hydrogens is 224 g/mol. The molecule has 0 saturated carbocycles. The van der Waals surface area contributed by atoms with Crippen molar-refractivity contribution in [2.75, 3.05) is 24.4 Å². The molecule has 0 unspecified atom stereocenters. The number of fused-ring (bicyclic) bond motifs is 1. The average molecular weight is 236 g/mol. The van der Waals surface area contributed by atoms with E-state index >= 15 is 0 Å². The Morgan fingerprint density at radius 3 is 3.18 bits per heavy atom. The number of carbonyl (C=O) groups is 1. The summed E-state index contributed by atoms with van der Waals surface area (Å²) in [7, 11) is 1.32. The summed E-state index contributed by atoms with van der Waals surface area (Å²) in [4.78, 5) is 19.3. The number of rotatable bonds is 4. The second kappa shape index (κ2) is 4.66. The van der Waals surface area contributed by atoms with Crippen LogP contribution in [0.25, 0.3) is 5.65 Å². The minimum atomic E-state index is -0.386. The van der Waals surface area contributed by atoms with E-state index in [1.807, 2.05) is 0 Å². The fourth-order valence-electron chi connectivity index (χ4n) is 1.35. The molecule has 8 heteroatoms. The maximum atomic E-state index is 11.0. The molecule has 17 heavy (non-hydrogen) atoms. The van der Waals surface area contributed by atoms with Crippen LogP contribution in [-0.2, 0) is 9.53 Å². The Morgan fingerprint density at radius 2 is 2.47 bits per heavy atom. The lowest BCUT2D eigenvalue weighted by molar-refractivity contribution is -0.138. The van der Waals surface area contributed by atoms with Crippen molar-refractivity contribution in [3.63, 3.8) is 0 Å². The maximum absolute atomic E-state index is 11.0. The summed E-state index contributed by atoms with van der Waals surface area (Å²) in [6.07, 6.45) is 5.06. The molecular formula is C9H12N6O2. The van der Waals surface area contributed by atoms with Crippen LogP contribution < -0.4 is 16.6 Å². The molecule has 0 aliphatic carbocycles. The number of carbonyl (C=O) groups excluding carboxylic acids is 1. The number of hydrogen-bond donors (Lipinski definition) is 3. The van der Waals surface area contributed by atoms with Crippen LogP contribution in [0.4, 0.5) is 11.6 Å². The van der Waals surface area contributed by atoms with Crippen molar-refractivity contribution in [1.29, 1.82) is 0 Å². The molecule has 8 nitrogen and oxygen atoms in total. The first-order chi connectivity index (χ1) is 8.24. The number of anilines is 2. The Balaban J connectivity index is 2.30. The molecule has 0 aliphatic rings. The number of nitrogens with one attached hydrogen (secondary N) is 2. The first-order valence-electron chi connectivity index (χ1n) is 4.85. The Labute approximate surface area is 96.8 Å². The van der Waals surface area contributed by atoms with Gasteiger partial charge < -0.3 is 19.9 Å². The number of hydrazine groups is 1. The molecule has 0 fully saturated rings. The molecule has 4 N–H and O–H groups in total. The molecule has 0 bridgehead atoms. The van der Waals surface area contributed by atoms with Crippen LogP contribution in [0.1, 0.15) is 0 Å². The zero-order chi connectivity index (χ0) is 12.3. The van der Waals surface area contributed by atoms with E-state index in [0.717, 1.165) is 0 Å². The normalized spacial score (nSPS) is 10.2. The van der Waals surface area contributed by atoms with Gasteiger partial charge in [0.05, 0.1) is 13.3 Å². The third-order valence-corrected chi connectivity index (χ3v) is 2.15. The summed E-state index contributed by atoms with van der Waals surface area (Å²) in [5, 5.41) is 2.83. The second-order valence-electron chi connectivity index (χ2n) is 3.21. The Bertz CT molecular complexity index is 537. The van der Waals surface area contributed by atoms with Gasteiger partial charge in [0.25, 0.3) is 0 Å². The Hall–Kier alpha value is -2.35. The van der Waals surface area contributed by atoms with Crippen molar-refractivity contribution < 1.29 is 9.53 Å². The van der Waals surface area contributed by atoms with Crippen LogP contribution in [-0.4, -0.2) is 34.0 Å². The van der Waals surface area contributed by atoms with E-state index in [9.17, 15) is 4.79 Å². The number of nitrogens with two attached hydrogens (primary N) is 1. The molecule has 2 heterocycles. The minimum Gasteiger partial charge on any atom is -0.468 e. The van der Waals surface area contributed by atoms with Crippen molar-refractivity contribution in [3.05, 3.63) is 18.6 Å². The smallest absolute Gasteiger partial charge is 0.325 e. The summed E-state index contributed by atoms with van der Waals surface area (Å²) in [6.45, 7) is 0.0139. The standard InChI is InChI=1S/C9H12N6O2/c1-17-7(16)4-12-8-9-11-2-3-15(9)5-6(13-8)14-10/h2-3,5,14H,4,10H2,1H3,(H,12,13). The Morgan fingerprint density at radius 1 is 1.65 bits per heavy atom. The molecule has 0 radical (unpaired) electrons. The van der Waals surface area contributed by atoms with Crippen molar-refractivity contribution in [2.45, 2.75) is 0 Å². The summed E-state index contributed by atoms with van der Waals surface area (Å²) >= 11 is 0. The molecule has 0 aliphatic heterocycles. The lowest BCUT2D eigenvalue weighted by Gasteiger charge is -2.08. The van der Waals surface area contributed by atoms with Crippen LogP contribution >= 0.6 is 0 Å². The molecule has 2 rings (SSSR count). The lowest BCUT2D eigenvalue weighted by atomic mass is 10.5. The van der Waals surface area contributed by atoms with Gasteiger partial charge in [0.15, 0.2) is 17.3 Å². The number of esters is 1. The highest BCUT2D eigenvalue weighted by Crippen LogP contribution is 2.15. The van der Waals surface area contributed by atoms with Crippen molar-refractivity contribution >= 4 is 23.3 Å². The fourth-order valence-corrected chi connectivity index (χ4v) is 1.35. The molecule has 0 atom stereocenters. The summed E-state index contributed by atoms with van der Waals surface area (Å²) < 4.78 is 6.26. The first kappa shape index (κ1) is 11.1. The van der Waals surface area contributed by atoms with Gasteiger partial charge in [-0.2, -0.15) is 0 Å². The van der Waals surface area contributed by atoms with Crippen LogP contribution in [0.5, 0.6) is 0 Å². The zero-order valence-electron chi connectivity index (χ0n) is 9.17. The monoisotopic (exact) mass is 236 g/mol. The zero-order valence-corrected chi connectivity index (χ0v) is 9.17. The van der Waals surface area contributed by atoms with Crippen LogP contribution in [0.2, 0.25) is 0 Å². The van der Waals surface area contributed by atoms with E-state index in [4.69, 9.17) is 5.84 Å². The van der Waals surface area contributed by atoms with Gasteiger partial charge in [-0.15, -0.1) is 0 Å². The maximum Gasteiger partial charge on any atom is 0.325 e. The van der Waals surface area contributed by atoms with E-state index in [1.54, 1.807) is 23.0 Å². The molecule has 2 aromatic rings. The molecule has 0 spiro atoms. The lowest BCUT2D eigenvalue weighted by Crippen LogP contribution is -2.17. The van der Waals surface area contributed by atoms with Crippen molar-refractivity contribution in [1.82, 2.24) is 14.4 Å². The van der Waals surface area contributed by atoms with Crippen LogP contribution in [0.3, 0.4) is 0 Å². The predicted molar refractivity (Wildman–Crippen MR) is 61.3 cm³/mol. The van der Waals surface area contributed by atoms with Gasteiger partial charge in [-0.05, 0) is 0 Å². The average Bonchev–Trinajstić information content (AvgIpc) is 2.83. The topological polar surface area (TPSA) is 107 Å². The van der Waals surface area contributed by atoms with Gasteiger partial charge in [-0.3, -0.25) is 4.79 Å². The van der Waals surface area contributed by atoms with Crippen molar-refractivity contribution in [2.24, 2.45) is 5.84 Å². The van der Waals surface area contributed by atoms with Gasteiger partial charge in [-0.25, -0.2) is 15.8 Å². The van der Waals surface area contributed by atoms with Gasteiger partial charge in [0.1, 0.15) is 6.54 Å². The molecule has 2 aromatic heterocycles. The van der Waals surface area contributed by atoms with E-state index in [2.05, 4.69) is 25.4 Å². The number of nitrogen functional groups attached to an aromatic ring is 1. The summed E-state index contributed by atoms with van der Waals surface area (Å²) in [5.74, 6) is 5.82. The second-order valence-corrected chi connectivity index (χ2v) is 3.21. The largest absolute Gasteiger partial charge is 0.468 e. The molecule has 90 valence electrons.